The molecule has 7 nitrogen and oxygen atoms in total. The first kappa shape index (κ1) is 19.3. The Morgan fingerprint density at radius 1 is 1.14 bits per heavy atom. The number of hydrogen-bond donors (Lipinski definition) is 0. The van der Waals surface area contributed by atoms with Gasteiger partial charge in [-0.3, -0.25) is 8.98 Å². The number of ketones is 1. The van der Waals surface area contributed by atoms with E-state index in [2.05, 4.69) is 0 Å². The van der Waals surface area contributed by atoms with Gasteiger partial charge in [-0.1, -0.05) is 19.4 Å². The summed E-state index contributed by atoms with van der Waals surface area (Å²) >= 11 is 0. The fraction of sp³-hybridized carbons (Fsp3) is 0.550. The second-order valence-electron chi connectivity index (χ2n) is 7.51. The van der Waals surface area contributed by atoms with E-state index >= 15 is 0 Å². The third-order valence-corrected chi connectivity index (χ3v) is 6.23. The van der Waals surface area contributed by atoms with Crippen LogP contribution in [0.5, 0.6) is 11.5 Å². The minimum Gasteiger partial charge on any atom is -0.496 e. The quantitative estimate of drug-likeness (QED) is 0.708. The fourth-order valence-electron chi connectivity index (χ4n) is 4.25. The van der Waals surface area contributed by atoms with Crippen LogP contribution in [-0.4, -0.2) is 45.9 Å². The van der Waals surface area contributed by atoms with Crippen molar-refractivity contribution in [2.75, 3.05) is 19.5 Å². The molecule has 0 amide bonds. The maximum Gasteiger partial charge on any atom is 0.264 e. The molecule has 4 atom stereocenters. The first-order valence-electron chi connectivity index (χ1n) is 9.54. The summed E-state index contributed by atoms with van der Waals surface area (Å²) in [5, 5.41) is 0. The summed E-state index contributed by atoms with van der Waals surface area (Å²) in [6, 6.07) is 5.43. The molecule has 0 radical (unpaired) electrons. The van der Waals surface area contributed by atoms with Gasteiger partial charge in [-0.15, -0.1) is 0 Å². The Balaban J connectivity index is 1.57. The minimum absolute atomic E-state index is 0.0110. The molecule has 8 heteroatoms. The Morgan fingerprint density at radius 2 is 1.89 bits per heavy atom. The first-order valence-corrected chi connectivity index (χ1v) is 11.4. The molecule has 4 unspecified atom stereocenters. The summed E-state index contributed by atoms with van der Waals surface area (Å²) in [4.78, 5) is 13.2. The standard InChI is InChI=1S/C20H24O7S/c1-3-12-8-14-18(10-17(12)27-28(2,22)23)26-11-15(20(14)21)13-4-5-16-19(9-13)25-7-6-24-16/h4-5,9,11-12,14,17-18H,3,6-8,10H2,1-2H3. The third-order valence-electron chi connectivity index (χ3n) is 5.63. The van der Waals surface area contributed by atoms with Crippen LogP contribution in [0.3, 0.4) is 0 Å². The zero-order chi connectivity index (χ0) is 19.9. The predicted molar refractivity (Wildman–Crippen MR) is 102 cm³/mol. The zero-order valence-electron chi connectivity index (χ0n) is 15.9. The van der Waals surface area contributed by atoms with Gasteiger partial charge in [0.25, 0.3) is 10.1 Å². The van der Waals surface area contributed by atoms with Crippen molar-refractivity contribution in [3.8, 4) is 11.5 Å². The number of fused-ring (bicyclic) bond motifs is 2. The number of hydrogen-bond acceptors (Lipinski definition) is 7. The number of ether oxygens (including phenoxy) is 3. The summed E-state index contributed by atoms with van der Waals surface area (Å²) in [6.45, 7) is 2.97. The smallest absolute Gasteiger partial charge is 0.264 e. The molecule has 1 aromatic rings. The highest BCUT2D eigenvalue weighted by Crippen LogP contribution is 2.42. The van der Waals surface area contributed by atoms with E-state index in [-0.39, 0.29) is 23.7 Å². The highest BCUT2D eigenvalue weighted by molar-refractivity contribution is 7.86. The van der Waals surface area contributed by atoms with E-state index in [4.69, 9.17) is 18.4 Å². The Bertz CT molecular complexity index is 905. The second-order valence-corrected chi connectivity index (χ2v) is 9.11. The lowest BCUT2D eigenvalue weighted by atomic mass is 9.72. The number of carbonyl (C=O) groups excluding carboxylic acids is 1. The normalized spacial score (nSPS) is 29.5. The van der Waals surface area contributed by atoms with E-state index in [1.165, 1.54) is 6.26 Å². The summed E-state index contributed by atoms with van der Waals surface area (Å²) in [7, 11) is -3.56. The van der Waals surface area contributed by atoms with Gasteiger partial charge in [-0.2, -0.15) is 8.42 Å². The lowest BCUT2D eigenvalue weighted by Crippen LogP contribution is -2.46. The number of allylic oxidation sites excluding steroid dienone is 1. The molecule has 0 aromatic heterocycles. The molecule has 0 N–H and O–H groups in total. The van der Waals surface area contributed by atoms with Crippen molar-refractivity contribution in [1.29, 1.82) is 0 Å². The lowest BCUT2D eigenvalue weighted by molar-refractivity contribution is -0.128. The summed E-state index contributed by atoms with van der Waals surface area (Å²) in [5.74, 6) is 0.989. The van der Waals surface area contributed by atoms with Crippen LogP contribution in [0.25, 0.3) is 5.57 Å². The SMILES string of the molecule is CCC1CC2C(=O)C(c3ccc4c(c3)OCCO4)=COC2CC1OS(C)(=O)=O. The largest absolute Gasteiger partial charge is 0.496 e. The van der Waals surface area contributed by atoms with E-state index in [1.54, 1.807) is 12.1 Å². The molecule has 1 aromatic carbocycles. The number of Topliss-reactive ketones (excluding diaryl/α,β-unsaturated/α-hetero) is 1. The van der Waals surface area contributed by atoms with Crippen LogP contribution in [0, 0.1) is 11.8 Å². The molecule has 4 rings (SSSR count). The van der Waals surface area contributed by atoms with Gasteiger partial charge in [-0.05, 0) is 30.0 Å². The van der Waals surface area contributed by atoms with Gasteiger partial charge in [0.1, 0.15) is 19.3 Å². The zero-order valence-corrected chi connectivity index (χ0v) is 16.7. The van der Waals surface area contributed by atoms with E-state index in [1.807, 2.05) is 13.0 Å². The van der Waals surface area contributed by atoms with Gasteiger partial charge in [0.2, 0.25) is 0 Å². The van der Waals surface area contributed by atoms with Gasteiger partial charge in [0, 0.05) is 6.42 Å². The maximum atomic E-state index is 13.2. The van der Waals surface area contributed by atoms with E-state index in [0.29, 0.717) is 43.1 Å². The molecule has 2 heterocycles. The Hall–Kier alpha value is -2.06. The summed E-state index contributed by atoms with van der Waals surface area (Å²) in [6.07, 6.45) is 3.37. The van der Waals surface area contributed by atoms with Crippen molar-refractivity contribution >= 4 is 21.5 Å². The van der Waals surface area contributed by atoms with Crippen molar-refractivity contribution in [2.24, 2.45) is 11.8 Å². The molecular weight excluding hydrogens is 384 g/mol. The number of rotatable bonds is 4. The van der Waals surface area contributed by atoms with Crippen LogP contribution in [0.1, 0.15) is 31.7 Å². The Kier molecular flexibility index (Phi) is 5.09. The average molecular weight is 408 g/mol. The van der Waals surface area contributed by atoms with Crippen molar-refractivity contribution in [2.45, 2.75) is 38.4 Å². The van der Waals surface area contributed by atoms with Crippen LogP contribution in [0.4, 0.5) is 0 Å². The molecule has 0 spiro atoms. The van der Waals surface area contributed by atoms with Gasteiger partial charge in [-0.25, -0.2) is 0 Å². The molecule has 1 saturated carbocycles. The predicted octanol–water partition coefficient (Wildman–Crippen LogP) is 2.55. The molecule has 28 heavy (non-hydrogen) atoms. The van der Waals surface area contributed by atoms with Crippen molar-refractivity contribution in [1.82, 2.24) is 0 Å². The van der Waals surface area contributed by atoms with Crippen LogP contribution in [-0.2, 0) is 23.8 Å². The third kappa shape index (κ3) is 3.75. The van der Waals surface area contributed by atoms with Crippen molar-refractivity contribution < 1.29 is 31.6 Å². The highest BCUT2D eigenvalue weighted by atomic mass is 32.2. The molecule has 152 valence electrons. The Morgan fingerprint density at radius 3 is 2.61 bits per heavy atom. The van der Waals surface area contributed by atoms with Crippen molar-refractivity contribution in [3.05, 3.63) is 30.0 Å². The summed E-state index contributed by atoms with van der Waals surface area (Å²) in [5.41, 5.74) is 1.24. The van der Waals surface area contributed by atoms with Crippen molar-refractivity contribution in [3.63, 3.8) is 0 Å². The van der Waals surface area contributed by atoms with E-state index in [0.717, 1.165) is 18.2 Å². The minimum atomic E-state index is -3.56. The van der Waals surface area contributed by atoms with E-state index in [9.17, 15) is 13.2 Å². The maximum absolute atomic E-state index is 13.2. The van der Waals surface area contributed by atoms with Crippen LogP contribution in [0.2, 0.25) is 0 Å². The molecule has 0 saturated heterocycles. The highest BCUT2D eigenvalue weighted by Gasteiger charge is 2.45. The molecule has 3 aliphatic rings. The lowest BCUT2D eigenvalue weighted by Gasteiger charge is -2.41. The average Bonchev–Trinajstić information content (AvgIpc) is 2.66. The number of benzene rings is 1. The van der Waals surface area contributed by atoms with Gasteiger partial charge < -0.3 is 14.2 Å². The van der Waals surface area contributed by atoms with E-state index < -0.39 is 16.2 Å². The molecule has 2 aliphatic heterocycles. The van der Waals surface area contributed by atoms with Crippen LogP contribution >= 0.6 is 0 Å². The van der Waals surface area contributed by atoms with Crippen LogP contribution in [0.15, 0.2) is 24.5 Å². The van der Waals surface area contributed by atoms with Gasteiger partial charge in [0.05, 0.1) is 30.1 Å². The Labute approximate surface area is 164 Å². The summed E-state index contributed by atoms with van der Waals surface area (Å²) < 4.78 is 45.4. The first-order chi connectivity index (χ1) is 13.4. The fourth-order valence-corrected chi connectivity index (χ4v) is 4.93. The topological polar surface area (TPSA) is 88.1 Å². The monoisotopic (exact) mass is 408 g/mol. The van der Waals surface area contributed by atoms with Crippen LogP contribution < -0.4 is 9.47 Å². The number of carbonyl (C=O) groups is 1. The molecule has 1 fully saturated rings. The second kappa shape index (κ2) is 7.40. The molecule has 1 aliphatic carbocycles. The molecule has 0 bridgehead atoms. The van der Waals surface area contributed by atoms with Gasteiger partial charge >= 0.3 is 0 Å². The molecular formula is C20H24O7S. The van der Waals surface area contributed by atoms with Gasteiger partial charge in [0.15, 0.2) is 17.3 Å².